The van der Waals surface area contributed by atoms with E-state index >= 15 is 0 Å². The molecule has 1 amide bonds. The second-order valence-electron chi connectivity index (χ2n) is 5.40. The molecule has 1 aromatic carbocycles. The van der Waals surface area contributed by atoms with Crippen molar-refractivity contribution in [1.29, 1.82) is 5.26 Å². The molecule has 0 aliphatic carbocycles. The van der Waals surface area contributed by atoms with Crippen molar-refractivity contribution < 1.29 is 4.79 Å². The van der Waals surface area contributed by atoms with Crippen LogP contribution in [0.1, 0.15) is 18.9 Å². The third-order valence-electron chi connectivity index (χ3n) is 3.98. The zero-order valence-electron chi connectivity index (χ0n) is 12.3. The molecule has 1 saturated heterocycles. The first-order valence-electron chi connectivity index (χ1n) is 7.24. The van der Waals surface area contributed by atoms with Crippen LogP contribution in [0.3, 0.4) is 0 Å². The molecule has 2 rings (SSSR count). The molecule has 1 atom stereocenters. The molecule has 5 heteroatoms. The van der Waals surface area contributed by atoms with Gasteiger partial charge < -0.3 is 4.90 Å². The van der Waals surface area contributed by atoms with E-state index in [-0.39, 0.29) is 11.9 Å². The van der Waals surface area contributed by atoms with Crippen LogP contribution in [0.2, 0.25) is 5.02 Å². The number of amides is 1. The molecule has 1 heterocycles. The van der Waals surface area contributed by atoms with Gasteiger partial charge in [-0.3, -0.25) is 9.69 Å². The minimum absolute atomic E-state index is 0.121. The van der Waals surface area contributed by atoms with Crippen molar-refractivity contribution in [2.75, 3.05) is 26.2 Å². The zero-order valence-corrected chi connectivity index (χ0v) is 13.0. The molecule has 1 unspecified atom stereocenters. The average molecular weight is 306 g/mol. The Morgan fingerprint density at radius 2 is 2.00 bits per heavy atom. The smallest absolute Gasteiger partial charge is 0.227 e. The summed E-state index contributed by atoms with van der Waals surface area (Å²) in [4.78, 5) is 16.5. The highest BCUT2D eigenvalue weighted by Gasteiger charge is 2.24. The number of piperazine rings is 1. The highest BCUT2D eigenvalue weighted by Crippen LogP contribution is 2.17. The third-order valence-corrected chi connectivity index (χ3v) is 4.35. The van der Waals surface area contributed by atoms with Crippen molar-refractivity contribution in [2.24, 2.45) is 0 Å². The summed E-state index contributed by atoms with van der Waals surface area (Å²) in [5.41, 5.74) is 0.879. The summed E-state index contributed by atoms with van der Waals surface area (Å²) >= 11 is 6.10. The van der Waals surface area contributed by atoms with Gasteiger partial charge >= 0.3 is 0 Å². The van der Waals surface area contributed by atoms with Gasteiger partial charge in [0.2, 0.25) is 5.91 Å². The van der Waals surface area contributed by atoms with Crippen LogP contribution in [0.4, 0.5) is 0 Å². The largest absolute Gasteiger partial charge is 0.340 e. The Bertz CT molecular complexity index is 533. The number of benzene rings is 1. The fourth-order valence-electron chi connectivity index (χ4n) is 2.59. The second-order valence-corrected chi connectivity index (χ2v) is 5.80. The maximum absolute atomic E-state index is 12.3. The normalized spacial score (nSPS) is 17.3. The molecule has 0 radical (unpaired) electrons. The molecule has 21 heavy (non-hydrogen) atoms. The monoisotopic (exact) mass is 305 g/mol. The van der Waals surface area contributed by atoms with Gasteiger partial charge in [-0.25, -0.2) is 0 Å². The van der Waals surface area contributed by atoms with Crippen molar-refractivity contribution in [3.8, 4) is 6.07 Å². The van der Waals surface area contributed by atoms with Gasteiger partial charge in [0, 0.05) is 37.2 Å². The Hall–Kier alpha value is -1.57. The Morgan fingerprint density at radius 1 is 1.33 bits per heavy atom. The standard InChI is InChI=1S/C16H20ClN3O/c1-13(6-7-18)19-8-10-20(11-9-19)16(21)12-14-4-2-3-5-15(14)17/h2-5,13H,6,8-12H2,1H3. The molecule has 0 bridgehead atoms. The maximum Gasteiger partial charge on any atom is 0.227 e. The molecule has 1 aliphatic heterocycles. The minimum Gasteiger partial charge on any atom is -0.340 e. The number of rotatable bonds is 4. The number of carbonyl (C=O) groups excluding carboxylic acids is 1. The lowest BCUT2D eigenvalue weighted by molar-refractivity contribution is -0.132. The van der Waals surface area contributed by atoms with E-state index in [9.17, 15) is 4.79 Å². The molecule has 112 valence electrons. The van der Waals surface area contributed by atoms with Crippen molar-refractivity contribution in [2.45, 2.75) is 25.8 Å². The maximum atomic E-state index is 12.3. The number of halogens is 1. The van der Waals surface area contributed by atoms with Gasteiger partial charge in [-0.2, -0.15) is 5.26 Å². The Balaban J connectivity index is 1.86. The lowest BCUT2D eigenvalue weighted by Gasteiger charge is -2.37. The molecular weight excluding hydrogens is 286 g/mol. The highest BCUT2D eigenvalue weighted by molar-refractivity contribution is 6.31. The number of nitriles is 1. The summed E-state index contributed by atoms with van der Waals surface area (Å²) in [6.07, 6.45) is 0.890. The van der Waals surface area contributed by atoms with E-state index in [1.165, 1.54) is 0 Å². The first kappa shape index (κ1) is 15.8. The first-order chi connectivity index (χ1) is 10.1. The van der Waals surface area contributed by atoms with E-state index in [4.69, 9.17) is 16.9 Å². The number of hydrogen-bond donors (Lipinski definition) is 0. The van der Waals surface area contributed by atoms with Crippen LogP contribution < -0.4 is 0 Å². The molecule has 1 aliphatic rings. The van der Waals surface area contributed by atoms with Crippen molar-refractivity contribution in [3.63, 3.8) is 0 Å². The quantitative estimate of drug-likeness (QED) is 0.858. The number of hydrogen-bond acceptors (Lipinski definition) is 3. The van der Waals surface area contributed by atoms with E-state index in [0.29, 0.717) is 17.9 Å². The Labute approximate surface area is 130 Å². The zero-order chi connectivity index (χ0) is 15.2. The molecule has 4 nitrogen and oxygen atoms in total. The van der Waals surface area contributed by atoms with Crippen LogP contribution in [-0.4, -0.2) is 47.9 Å². The summed E-state index contributed by atoms with van der Waals surface area (Å²) in [5.74, 6) is 0.121. The molecule has 1 aromatic rings. The van der Waals surface area contributed by atoms with Crippen LogP contribution in [0, 0.1) is 11.3 Å². The Morgan fingerprint density at radius 3 is 2.62 bits per heavy atom. The van der Waals surface area contributed by atoms with Gasteiger partial charge in [-0.05, 0) is 18.6 Å². The van der Waals surface area contributed by atoms with Gasteiger partial charge in [-0.1, -0.05) is 29.8 Å². The molecule has 0 spiro atoms. The molecule has 1 fully saturated rings. The summed E-state index contributed by atoms with van der Waals surface area (Å²) in [6, 6.07) is 9.93. The summed E-state index contributed by atoms with van der Waals surface area (Å²) in [5, 5.41) is 9.39. The van der Waals surface area contributed by atoms with Crippen molar-refractivity contribution >= 4 is 17.5 Å². The van der Waals surface area contributed by atoms with Crippen LogP contribution in [0.25, 0.3) is 0 Å². The van der Waals surface area contributed by atoms with Crippen LogP contribution >= 0.6 is 11.6 Å². The average Bonchev–Trinajstić information content (AvgIpc) is 2.50. The van der Waals surface area contributed by atoms with E-state index < -0.39 is 0 Å². The molecular formula is C16H20ClN3O. The predicted molar refractivity (Wildman–Crippen MR) is 83.0 cm³/mol. The third kappa shape index (κ3) is 4.20. The SMILES string of the molecule is CC(CC#N)N1CCN(C(=O)Cc2ccccc2Cl)CC1. The van der Waals surface area contributed by atoms with E-state index in [2.05, 4.69) is 17.9 Å². The second kappa shape index (κ2) is 7.44. The van der Waals surface area contributed by atoms with E-state index in [0.717, 1.165) is 31.7 Å². The fraction of sp³-hybridized carbons (Fsp3) is 0.500. The highest BCUT2D eigenvalue weighted by atomic mass is 35.5. The lowest BCUT2D eigenvalue weighted by atomic mass is 10.1. The van der Waals surface area contributed by atoms with E-state index in [1.807, 2.05) is 29.2 Å². The van der Waals surface area contributed by atoms with E-state index in [1.54, 1.807) is 0 Å². The first-order valence-corrected chi connectivity index (χ1v) is 7.62. The minimum atomic E-state index is 0.121. The van der Waals surface area contributed by atoms with Crippen molar-refractivity contribution in [3.05, 3.63) is 34.9 Å². The summed E-state index contributed by atoms with van der Waals surface area (Å²) < 4.78 is 0. The van der Waals surface area contributed by atoms with Crippen LogP contribution in [0.5, 0.6) is 0 Å². The summed E-state index contributed by atoms with van der Waals surface area (Å²) in [6.45, 7) is 5.16. The number of carbonyl (C=O) groups is 1. The Kier molecular flexibility index (Phi) is 5.60. The lowest BCUT2D eigenvalue weighted by Crippen LogP contribution is -2.51. The predicted octanol–water partition coefficient (Wildman–Crippen LogP) is 2.33. The summed E-state index contributed by atoms with van der Waals surface area (Å²) in [7, 11) is 0. The van der Waals surface area contributed by atoms with Gasteiger partial charge in [0.1, 0.15) is 0 Å². The van der Waals surface area contributed by atoms with Crippen molar-refractivity contribution in [1.82, 2.24) is 9.80 Å². The van der Waals surface area contributed by atoms with Gasteiger partial charge in [0.15, 0.2) is 0 Å². The van der Waals surface area contributed by atoms with Gasteiger partial charge in [0.25, 0.3) is 0 Å². The van der Waals surface area contributed by atoms with Gasteiger partial charge in [-0.15, -0.1) is 0 Å². The number of nitrogens with zero attached hydrogens (tertiary/aromatic N) is 3. The van der Waals surface area contributed by atoms with Crippen LogP contribution in [0.15, 0.2) is 24.3 Å². The molecule has 0 N–H and O–H groups in total. The van der Waals surface area contributed by atoms with Gasteiger partial charge in [0.05, 0.1) is 18.9 Å². The van der Waals surface area contributed by atoms with Crippen LogP contribution in [-0.2, 0) is 11.2 Å². The topological polar surface area (TPSA) is 47.3 Å². The fourth-order valence-corrected chi connectivity index (χ4v) is 2.79. The molecule has 0 aromatic heterocycles. The molecule has 0 saturated carbocycles.